The van der Waals surface area contributed by atoms with Crippen molar-refractivity contribution in [2.24, 2.45) is 0 Å². The molecule has 0 fully saturated rings. The van der Waals surface area contributed by atoms with Crippen LogP contribution in [-0.4, -0.2) is 15.0 Å². The fourth-order valence-corrected chi connectivity index (χ4v) is 4.50. The van der Waals surface area contributed by atoms with Crippen LogP contribution in [0, 0.1) is 19.7 Å². The molecule has 1 aliphatic rings. The number of hydrogen-bond donors (Lipinski definition) is 0. The largest absolute Gasteiger partial charge is 0.267 e. The van der Waals surface area contributed by atoms with E-state index < -0.39 is 15.8 Å². The maximum atomic E-state index is 14.0. The van der Waals surface area contributed by atoms with Crippen LogP contribution in [0.4, 0.5) is 10.1 Å². The van der Waals surface area contributed by atoms with Crippen molar-refractivity contribution in [3.63, 3.8) is 0 Å². The zero-order valence-electron chi connectivity index (χ0n) is 11.9. The number of anilines is 1. The molecule has 3 rings (SSSR count). The van der Waals surface area contributed by atoms with E-state index in [0.717, 1.165) is 16.7 Å². The topological polar surface area (TPSA) is 37.4 Å². The van der Waals surface area contributed by atoms with E-state index in [4.69, 9.17) is 0 Å². The van der Waals surface area contributed by atoms with Gasteiger partial charge in [-0.25, -0.2) is 12.8 Å². The first-order valence-corrected chi connectivity index (χ1v) is 8.22. The maximum absolute atomic E-state index is 14.0. The van der Waals surface area contributed by atoms with Gasteiger partial charge in [0.25, 0.3) is 10.0 Å². The van der Waals surface area contributed by atoms with E-state index >= 15 is 0 Å². The summed E-state index contributed by atoms with van der Waals surface area (Å²) in [4.78, 5) is -0.251. The molecule has 0 saturated heterocycles. The number of rotatable bonds is 2. The minimum Gasteiger partial charge on any atom is -0.265 e. The van der Waals surface area contributed by atoms with E-state index in [1.165, 1.54) is 16.4 Å². The molecule has 0 unspecified atom stereocenters. The first-order valence-electron chi connectivity index (χ1n) is 6.78. The van der Waals surface area contributed by atoms with E-state index in [9.17, 15) is 12.8 Å². The molecule has 1 aliphatic heterocycles. The number of aryl methyl sites for hydroxylation is 2. The summed E-state index contributed by atoms with van der Waals surface area (Å²) in [6, 6.07) is 9.87. The Morgan fingerprint density at radius 2 is 1.90 bits per heavy atom. The Morgan fingerprint density at radius 1 is 1.14 bits per heavy atom. The molecule has 0 atom stereocenters. The molecule has 1 heterocycles. The number of nitrogens with zero attached hydrogens (tertiary/aromatic N) is 1. The smallest absolute Gasteiger partial charge is 0.265 e. The van der Waals surface area contributed by atoms with E-state index in [-0.39, 0.29) is 4.90 Å². The van der Waals surface area contributed by atoms with E-state index in [1.54, 1.807) is 13.0 Å². The molecule has 0 amide bonds. The Labute approximate surface area is 124 Å². The second kappa shape index (κ2) is 4.84. The molecular weight excluding hydrogens is 289 g/mol. The van der Waals surface area contributed by atoms with Crippen LogP contribution >= 0.6 is 0 Å². The summed E-state index contributed by atoms with van der Waals surface area (Å²) in [6.07, 6.45) is 0.656. The first kappa shape index (κ1) is 14.1. The third-order valence-corrected chi connectivity index (χ3v) is 5.62. The highest BCUT2D eigenvalue weighted by Gasteiger charge is 2.33. The average molecular weight is 305 g/mol. The molecule has 0 N–H and O–H groups in total. The quantitative estimate of drug-likeness (QED) is 0.854. The summed E-state index contributed by atoms with van der Waals surface area (Å²) < 4.78 is 40.9. The van der Waals surface area contributed by atoms with Crippen LogP contribution in [-0.2, 0) is 16.4 Å². The van der Waals surface area contributed by atoms with Gasteiger partial charge in [0.2, 0.25) is 0 Å². The summed E-state index contributed by atoms with van der Waals surface area (Å²) in [5, 5.41) is 0. The molecule has 0 bridgehead atoms. The Bertz CT molecular complexity index is 815. The Balaban J connectivity index is 2.16. The number of hydrogen-bond acceptors (Lipinski definition) is 2. The standard InChI is InChI=1S/C16H16FNO2S/c1-11-6-7-14(17)15(10-11)21(19,20)18-9-8-13-5-3-4-12(2)16(13)18/h3-7,10H,8-9H2,1-2H3. The van der Waals surface area contributed by atoms with Crippen LogP contribution < -0.4 is 4.31 Å². The van der Waals surface area contributed by atoms with E-state index in [0.29, 0.717) is 18.7 Å². The van der Waals surface area contributed by atoms with E-state index in [1.807, 2.05) is 25.1 Å². The van der Waals surface area contributed by atoms with Gasteiger partial charge < -0.3 is 0 Å². The summed E-state index contributed by atoms with van der Waals surface area (Å²) >= 11 is 0. The van der Waals surface area contributed by atoms with Gasteiger partial charge in [-0.2, -0.15) is 0 Å². The minimum absolute atomic E-state index is 0.251. The van der Waals surface area contributed by atoms with Crippen molar-refractivity contribution in [1.82, 2.24) is 0 Å². The summed E-state index contributed by atoms with van der Waals surface area (Å²) in [6.45, 7) is 3.98. The third-order valence-electron chi connectivity index (χ3n) is 3.81. The van der Waals surface area contributed by atoms with Crippen molar-refractivity contribution in [1.29, 1.82) is 0 Å². The van der Waals surface area contributed by atoms with Gasteiger partial charge >= 0.3 is 0 Å². The second-order valence-corrected chi connectivity index (χ2v) is 7.17. The second-order valence-electron chi connectivity index (χ2n) is 5.34. The normalized spacial score (nSPS) is 14.3. The number of para-hydroxylation sites is 1. The molecule has 3 nitrogen and oxygen atoms in total. The van der Waals surface area contributed by atoms with Crippen molar-refractivity contribution in [2.45, 2.75) is 25.2 Å². The average Bonchev–Trinajstić information content (AvgIpc) is 2.87. The molecule has 2 aromatic rings. The van der Waals surface area contributed by atoms with Gasteiger partial charge in [0.1, 0.15) is 10.7 Å². The van der Waals surface area contributed by atoms with Crippen molar-refractivity contribution >= 4 is 15.7 Å². The molecule has 0 aromatic heterocycles. The highest BCUT2D eigenvalue weighted by Crippen LogP contribution is 2.36. The highest BCUT2D eigenvalue weighted by molar-refractivity contribution is 7.92. The Kier molecular flexibility index (Phi) is 3.24. The predicted molar refractivity (Wildman–Crippen MR) is 80.6 cm³/mol. The Morgan fingerprint density at radius 3 is 2.67 bits per heavy atom. The van der Waals surface area contributed by atoms with Gasteiger partial charge in [-0.3, -0.25) is 4.31 Å². The predicted octanol–water partition coefficient (Wildman–Crippen LogP) is 3.19. The molecule has 0 saturated carbocycles. The Hall–Kier alpha value is -1.88. The zero-order valence-corrected chi connectivity index (χ0v) is 12.7. The molecule has 0 spiro atoms. The summed E-state index contributed by atoms with van der Waals surface area (Å²) in [5.41, 5.74) is 3.30. The molecule has 0 radical (unpaired) electrons. The van der Waals surface area contributed by atoms with Crippen LogP contribution in [0.1, 0.15) is 16.7 Å². The lowest BCUT2D eigenvalue weighted by molar-refractivity contribution is 0.564. The van der Waals surface area contributed by atoms with Gasteiger partial charge in [0, 0.05) is 6.54 Å². The van der Waals surface area contributed by atoms with Crippen LogP contribution in [0.15, 0.2) is 41.3 Å². The molecular formula is C16H16FNO2S. The van der Waals surface area contributed by atoms with Gasteiger partial charge in [0.05, 0.1) is 5.69 Å². The van der Waals surface area contributed by atoms with Gasteiger partial charge in [0.15, 0.2) is 0 Å². The lowest BCUT2D eigenvalue weighted by Crippen LogP contribution is -2.30. The van der Waals surface area contributed by atoms with Crippen molar-refractivity contribution < 1.29 is 12.8 Å². The van der Waals surface area contributed by atoms with Crippen molar-refractivity contribution in [2.75, 3.05) is 10.8 Å². The van der Waals surface area contributed by atoms with Crippen LogP contribution in [0.3, 0.4) is 0 Å². The molecule has 110 valence electrons. The lowest BCUT2D eigenvalue weighted by Gasteiger charge is -2.21. The van der Waals surface area contributed by atoms with Crippen molar-refractivity contribution in [3.8, 4) is 0 Å². The van der Waals surface area contributed by atoms with Crippen LogP contribution in [0.5, 0.6) is 0 Å². The summed E-state index contributed by atoms with van der Waals surface area (Å²) in [7, 11) is -3.87. The van der Waals surface area contributed by atoms with E-state index in [2.05, 4.69) is 0 Å². The monoisotopic (exact) mass is 305 g/mol. The molecule has 21 heavy (non-hydrogen) atoms. The van der Waals surface area contributed by atoms with Crippen LogP contribution in [0.25, 0.3) is 0 Å². The zero-order chi connectivity index (χ0) is 15.2. The number of benzene rings is 2. The van der Waals surface area contributed by atoms with Gasteiger partial charge in [-0.1, -0.05) is 24.3 Å². The fourth-order valence-electron chi connectivity index (χ4n) is 2.78. The van der Waals surface area contributed by atoms with Crippen molar-refractivity contribution in [3.05, 3.63) is 58.9 Å². The number of halogens is 1. The first-order chi connectivity index (χ1) is 9.91. The van der Waals surface area contributed by atoms with Crippen LogP contribution in [0.2, 0.25) is 0 Å². The van der Waals surface area contributed by atoms with Gasteiger partial charge in [-0.15, -0.1) is 0 Å². The SMILES string of the molecule is Cc1ccc(F)c(S(=O)(=O)N2CCc3cccc(C)c32)c1. The molecule has 5 heteroatoms. The molecule has 2 aromatic carbocycles. The van der Waals surface area contributed by atoms with Gasteiger partial charge in [-0.05, 0) is 49.1 Å². The summed E-state index contributed by atoms with van der Waals surface area (Å²) in [5.74, 6) is -0.706. The lowest BCUT2D eigenvalue weighted by atomic mass is 10.1. The fraction of sp³-hybridized carbons (Fsp3) is 0.250. The number of sulfonamides is 1. The third kappa shape index (κ3) is 2.21. The number of fused-ring (bicyclic) bond motifs is 1. The maximum Gasteiger partial charge on any atom is 0.267 e. The highest BCUT2D eigenvalue weighted by atomic mass is 32.2. The minimum atomic E-state index is -3.87. The molecule has 0 aliphatic carbocycles.